The van der Waals surface area contributed by atoms with Crippen molar-refractivity contribution in [1.29, 1.82) is 0 Å². The van der Waals surface area contributed by atoms with Crippen LogP contribution in [0.15, 0.2) is 36.5 Å². The molecule has 1 heterocycles. The molecule has 1 unspecified atom stereocenters. The van der Waals surface area contributed by atoms with Crippen molar-refractivity contribution < 1.29 is 4.79 Å². The summed E-state index contributed by atoms with van der Waals surface area (Å²) in [4.78, 5) is 17.5. The molecule has 1 N–H and O–H groups in total. The summed E-state index contributed by atoms with van der Waals surface area (Å²) >= 11 is 3.34. The van der Waals surface area contributed by atoms with Crippen LogP contribution in [0.3, 0.4) is 0 Å². The molecule has 1 amide bonds. The van der Waals surface area contributed by atoms with Gasteiger partial charge < -0.3 is 5.32 Å². The second kappa shape index (κ2) is 7.45. The van der Waals surface area contributed by atoms with E-state index in [2.05, 4.69) is 22.4 Å². The Morgan fingerprint density at radius 3 is 2.75 bits per heavy atom. The zero-order chi connectivity index (χ0) is 14.4. The summed E-state index contributed by atoms with van der Waals surface area (Å²) in [6, 6.07) is 10.1. The maximum atomic E-state index is 12.0. The van der Waals surface area contributed by atoms with Gasteiger partial charge in [0.25, 0.3) is 0 Å². The first-order valence-electron chi connectivity index (χ1n) is 6.47. The van der Waals surface area contributed by atoms with E-state index in [1.54, 1.807) is 30.1 Å². The number of hydrogen-bond acceptors (Lipinski definition) is 4. The van der Waals surface area contributed by atoms with E-state index in [-0.39, 0.29) is 11.2 Å². The Labute approximate surface area is 127 Å². The molecule has 0 saturated heterocycles. The van der Waals surface area contributed by atoms with Crippen LogP contribution in [-0.2, 0) is 17.0 Å². The van der Waals surface area contributed by atoms with Crippen molar-refractivity contribution in [3.8, 4) is 0 Å². The minimum Gasteiger partial charge on any atom is -0.358 e. The molecule has 0 fully saturated rings. The summed E-state index contributed by atoms with van der Waals surface area (Å²) in [5.41, 5.74) is 1.18. The van der Waals surface area contributed by atoms with E-state index < -0.39 is 0 Å². The van der Waals surface area contributed by atoms with Gasteiger partial charge in [-0.3, -0.25) is 4.79 Å². The Kier molecular flexibility index (Phi) is 5.61. The number of nitrogens with one attached hydrogen (secondary N) is 1. The van der Waals surface area contributed by atoms with Gasteiger partial charge in [-0.15, -0.1) is 23.1 Å². The van der Waals surface area contributed by atoms with Crippen molar-refractivity contribution in [2.45, 2.75) is 24.3 Å². The summed E-state index contributed by atoms with van der Waals surface area (Å²) in [5, 5.41) is 3.75. The van der Waals surface area contributed by atoms with Crippen LogP contribution in [0, 0.1) is 6.92 Å². The Morgan fingerprint density at radius 2 is 2.15 bits per heavy atom. The smallest absolute Gasteiger partial charge is 0.233 e. The number of carbonyl (C=O) groups is 1. The van der Waals surface area contributed by atoms with Gasteiger partial charge in [-0.25, -0.2) is 4.98 Å². The van der Waals surface area contributed by atoms with Gasteiger partial charge in [0, 0.05) is 23.9 Å². The molecule has 0 spiro atoms. The van der Waals surface area contributed by atoms with Crippen LogP contribution in [0.2, 0.25) is 0 Å². The van der Waals surface area contributed by atoms with E-state index in [0.29, 0.717) is 0 Å². The Balaban J connectivity index is 1.98. The van der Waals surface area contributed by atoms with Crippen molar-refractivity contribution in [1.82, 2.24) is 10.3 Å². The van der Waals surface area contributed by atoms with Crippen LogP contribution >= 0.6 is 23.1 Å². The van der Waals surface area contributed by atoms with E-state index in [0.717, 1.165) is 17.2 Å². The average Bonchev–Trinajstić information content (AvgIpc) is 2.89. The van der Waals surface area contributed by atoms with E-state index in [4.69, 9.17) is 0 Å². The first kappa shape index (κ1) is 15.1. The highest BCUT2D eigenvalue weighted by atomic mass is 32.2. The lowest BCUT2D eigenvalue weighted by Gasteiger charge is -2.14. The molecule has 1 aromatic carbocycles. The lowest BCUT2D eigenvalue weighted by atomic mass is 10.1. The van der Waals surface area contributed by atoms with E-state index in [9.17, 15) is 4.79 Å². The third-order valence-electron chi connectivity index (χ3n) is 2.88. The molecule has 5 heteroatoms. The predicted octanol–water partition coefficient (Wildman–Crippen LogP) is 3.04. The first-order chi connectivity index (χ1) is 9.69. The summed E-state index contributed by atoms with van der Waals surface area (Å²) in [5.74, 6) is 0.857. The fraction of sp³-hybridized carbons (Fsp3) is 0.333. The van der Waals surface area contributed by atoms with Crippen LogP contribution in [0.5, 0.6) is 0 Å². The molecule has 0 aliphatic heterocycles. The number of thioether (sulfide) groups is 1. The van der Waals surface area contributed by atoms with Crippen LogP contribution in [-0.4, -0.2) is 23.2 Å². The fourth-order valence-corrected chi connectivity index (χ4v) is 3.88. The molecular weight excluding hydrogens is 288 g/mol. The highest BCUT2D eigenvalue weighted by Gasteiger charge is 2.18. The normalized spacial score (nSPS) is 12.1. The predicted molar refractivity (Wildman–Crippen MR) is 86.1 cm³/mol. The van der Waals surface area contributed by atoms with Gasteiger partial charge in [0.15, 0.2) is 0 Å². The van der Waals surface area contributed by atoms with Crippen molar-refractivity contribution in [3.05, 3.63) is 52.0 Å². The van der Waals surface area contributed by atoms with Crippen LogP contribution in [0.25, 0.3) is 0 Å². The SMILES string of the molecule is CNC(=O)C(Cc1ccccc1)SCc1ncc(C)s1. The summed E-state index contributed by atoms with van der Waals surface area (Å²) in [7, 11) is 1.69. The monoisotopic (exact) mass is 306 g/mol. The van der Waals surface area contributed by atoms with Gasteiger partial charge >= 0.3 is 0 Å². The van der Waals surface area contributed by atoms with Crippen molar-refractivity contribution in [3.63, 3.8) is 0 Å². The molecule has 0 aliphatic carbocycles. The molecule has 0 bridgehead atoms. The quantitative estimate of drug-likeness (QED) is 0.892. The molecular formula is C15H18N2OS2. The number of rotatable bonds is 6. The molecule has 3 nitrogen and oxygen atoms in total. The number of nitrogens with zero attached hydrogens (tertiary/aromatic N) is 1. The van der Waals surface area contributed by atoms with Crippen LogP contribution in [0.4, 0.5) is 0 Å². The topological polar surface area (TPSA) is 42.0 Å². The number of amides is 1. The summed E-state index contributed by atoms with van der Waals surface area (Å²) < 4.78 is 0. The van der Waals surface area contributed by atoms with Crippen molar-refractivity contribution >= 4 is 29.0 Å². The van der Waals surface area contributed by atoms with Crippen LogP contribution < -0.4 is 5.32 Å². The molecule has 0 aliphatic rings. The lowest BCUT2D eigenvalue weighted by molar-refractivity contribution is -0.120. The number of carbonyl (C=O) groups excluding carboxylic acids is 1. The molecule has 0 saturated carbocycles. The van der Waals surface area contributed by atoms with Gasteiger partial charge in [-0.05, 0) is 18.9 Å². The highest BCUT2D eigenvalue weighted by molar-refractivity contribution is 7.99. The number of aromatic nitrogens is 1. The van der Waals surface area contributed by atoms with Gasteiger partial charge in [-0.2, -0.15) is 0 Å². The van der Waals surface area contributed by atoms with Gasteiger partial charge in [0.05, 0.1) is 5.25 Å². The van der Waals surface area contributed by atoms with Gasteiger partial charge in [-0.1, -0.05) is 30.3 Å². The van der Waals surface area contributed by atoms with E-state index >= 15 is 0 Å². The minimum atomic E-state index is -0.0772. The van der Waals surface area contributed by atoms with Crippen molar-refractivity contribution in [2.75, 3.05) is 7.05 Å². The zero-order valence-corrected chi connectivity index (χ0v) is 13.3. The first-order valence-corrected chi connectivity index (χ1v) is 8.34. The molecule has 1 aromatic heterocycles. The van der Waals surface area contributed by atoms with Gasteiger partial charge in [0.1, 0.15) is 5.01 Å². The summed E-state index contributed by atoms with van der Waals surface area (Å²) in [6.07, 6.45) is 2.63. The zero-order valence-electron chi connectivity index (χ0n) is 11.6. The average molecular weight is 306 g/mol. The fourth-order valence-electron chi connectivity index (χ4n) is 1.86. The van der Waals surface area contributed by atoms with Crippen LogP contribution in [0.1, 0.15) is 15.4 Å². The maximum absolute atomic E-state index is 12.0. The third kappa shape index (κ3) is 4.35. The molecule has 2 aromatic rings. The number of aryl methyl sites for hydroxylation is 1. The summed E-state index contributed by atoms with van der Waals surface area (Å²) in [6.45, 7) is 2.05. The largest absolute Gasteiger partial charge is 0.358 e. The van der Waals surface area contributed by atoms with Crippen molar-refractivity contribution in [2.24, 2.45) is 0 Å². The number of hydrogen-bond donors (Lipinski definition) is 1. The second-order valence-corrected chi connectivity index (χ2v) is 6.98. The van der Waals surface area contributed by atoms with Gasteiger partial charge in [0.2, 0.25) is 5.91 Å². The molecule has 0 radical (unpaired) electrons. The number of thiazole rings is 1. The lowest BCUT2D eigenvalue weighted by Crippen LogP contribution is -2.31. The molecule has 1 atom stereocenters. The molecule has 20 heavy (non-hydrogen) atoms. The maximum Gasteiger partial charge on any atom is 0.233 e. The van der Waals surface area contributed by atoms with E-state index in [1.807, 2.05) is 31.3 Å². The standard InChI is InChI=1S/C15H18N2OS2/c1-11-9-17-14(20-11)10-19-13(15(18)16-2)8-12-6-4-3-5-7-12/h3-7,9,13H,8,10H2,1-2H3,(H,16,18). The Hall–Kier alpha value is -1.33. The molecule has 2 rings (SSSR count). The van der Waals surface area contributed by atoms with E-state index in [1.165, 1.54) is 10.4 Å². The Morgan fingerprint density at radius 1 is 1.40 bits per heavy atom. The second-order valence-electron chi connectivity index (χ2n) is 4.47. The highest BCUT2D eigenvalue weighted by Crippen LogP contribution is 2.24. The Bertz CT molecular complexity index is 554. The number of benzene rings is 1. The minimum absolute atomic E-state index is 0.0760. The molecule has 106 valence electrons. The third-order valence-corrected chi connectivity index (χ3v) is 5.20.